The van der Waals surface area contributed by atoms with Gasteiger partial charge in [-0.05, 0) is 67.0 Å². The van der Waals surface area contributed by atoms with Crippen LogP contribution in [0, 0.1) is 5.82 Å². The Kier molecular flexibility index (Phi) is 11.6. The summed E-state index contributed by atoms with van der Waals surface area (Å²) in [6, 6.07) is 13.2. The van der Waals surface area contributed by atoms with Crippen LogP contribution in [-0.2, 0) is 16.1 Å². The average Bonchev–Trinajstić information content (AvgIpc) is 2.79. The molecule has 0 aliphatic heterocycles. The van der Waals surface area contributed by atoms with E-state index in [0.717, 1.165) is 29.1 Å². The lowest BCUT2D eigenvalue weighted by Gasteiger charge is -2.30. The molecule has 4 nitrogen and oxygen atoms in total. The Balaban J connectivity index is 2.02. The summed E-state index contributed by atoms with van der Waals surface area (Å²) in [5.41, 5.74) is 0.801. The molecule has 0 aliphatic rings. The number of nitrogens with one attached hydrogen (secondary N) is 1. The summed E-state index contributed by atoms with van der Waals surface area (Å²) in [5.74, 6) is 0.266. The Bertz CT molecular complexity index is 846. The fraction of sp³-hybridized carbons (Fsp3) is 0.440. The lowest BCUT2D eigenvalue weighted by atomic mass is 10.1. The molecule has 32 heavy (non-hydrogen) atoms. The van der Waals surface area contributed by atoms with Crippen molar-refractivity contribution >= 4 is 35.2 Å². The number of benzene rings is 2. The van der Waals surface area contributed by atoms with Gasteiger partial charge in [-0.3, -0.25) is 9.59 Å². The van der Waals surface area contributed by atoms with Gasteiger partial charge in [0.05, 0.1) is 0 Å². The van der Waals surface area contributed by atoms with Crippen LogP contribution in [0.15, 0.2) is 53.4 Å². The molecular formula is C25H32ClFN2O2S. The standard InChI is InChI=1S/C25H32ClFN2O2S/c1-3-5-16-28-25(31)23(4-2)29(18-19-8-12-21(27)13-9-19)24(30)7-6-17-32-22-14-10-20(26)11-15-22/h8-15,23H,3-7,16-18H2,1-2H3,(H,28,31)/t23-/m1/s1. The van der Waals surface area contributed by atoms with Crippen LogP contribution in [0.25, 0.3) is 0 Å². The highest BCUT2D eigenvalue weighted by molar-refractivity contribution is 7.99. The molecule has 0 fully saturated rings. The molecular weight excluding hydrogens is 447 g/mol. The number of thioether (sulfide) groups is 1. The third-order valence-electron chi connectivity index (χ3n) is 5.10. The average molecular weight is 479 g/mol. The van der Waals surface area contributed by atoms with Crippen molar-refractivity contribution in [3.63, 3.8) is 0 Å². The van der Waals surface area contributed by atoms with Gasteiger partial charge in [0.2, 0.25) is 11.8 Å². The molecule has 7 heteroatoms. The Morgan fingerprint density at radius 2 is 1.75 bits per heavy atom. The molecule has 0 radical (unpaired) electrons. The summed E-state index contributed by atoms with van der Waals surface area (Å²) in [6.07, 6.45) is 3.45. The normalized spacial score (nSPS) is 11.8. The molecule has 2 aromatic carbocycles. The van der Waals surface area contributed by atoms with Crippen LogP contribution >= 0.6 is 23.4 Å². The minimum absolute atomic E-state index is 0.0662. The minimum Gasteiger partial charge on any atom is -0.354 e. The smallest absolute Gasteiger partial charge is 0.242 e. The monoisotopic (exact) mass is 478 g/mol. The summed E-state index contributed by atoms with van der Waals surface area (Å²) in [7, 11) is 0. The molecule has 0 bridgehead atoms. The highest BCUT2D eigenvalue weighted by Gasteiger charge is 2.28. The third-order valence-corrected chi connectivity index (χ3v) is 6.45. The van der Waals surface area contributed by atoms with Crippen LogP contribution in [0.1, 0.15) is 51.5 Å². The van der Waals surface area contributed by atoms with Crippen LogP contribution in [-0.4, -0.2) is 35.1 Å². The van der Waals surface area contributed by atoms with Gasteiger partial charge < -0.3 is 10.2 Å². The molecule has 1 atom stereocenters. The Morgan fingerprint density at radius 3 is 2.38 bits per heavy atom. The summed E-state index contributed by atoms with van der Waals surface area (Å²) >= 11 is 7.59. The van der Waals surface area contributed by atoms with Crippen LogP contribution in [0.2, 0.25) is 5.02 Å². The largest absolute Gasteiger partial charge is 0.354 e. The van der Waals surface area contributed by atoms with Gasteiger partial charge in [-0.15, -0.1) is 11.8 Å². The summed E-state index contributed by atoms with van der Waals surface area (Å²) in [5, 5.41) is 3.65. The number of nitrogens with zero attached hydrogens (tertiary/aromatic N) is 1. The predicted octanol–water partition coefficient (Wildman–Crippen LogP) is 6.08. The molecule has 2 rings (SSSR count). The Labute approximate surface area is 199 Å². The number of carbonyl (C=O) groups is 2. The molecule has 0 saturated carbocycles. The van der Waals surface area contributed by atoms with Crippen LogP contribution in [0.3, 0.4) is 0 Å². The van der Waals surface area contributed by atoms with E-state index in [1.165, 1.54) is 12.1 Å². The van der Waals surface area contributed by atoms with Crippen LogP contribution < -0.4 is 5.32 Å². The number of amides is 2. The Hall–Kier alpha value is -2.05. The Morgan fingerprint density at radius 1 is 1.06 bits per heavy atom. The highest BCUT2D eigenvalue weighted by Crippen LogP contribution is 2.22. The zero-order valence-corrected chi connectivity index (χ0v) is 20.4. The fourth-order valence-corrected chi connectivity index (χ4v) is 4.28. The number of rotatable bonds is 13. The fourth-order valence-electron chi connectivity index (χ4n) is 3.30. The van der Waals surface area contributed by atoms with E-state index in [1.807, 2.05) is 31.2 Å². The maximum Gasteiger partial charge on any atom is 0.242 e. The van der Waals surface area contributed by atoms with Crippen molar-refractivity contribution in [3.8, 4) is 0 Å². The predicted molar refractivity (Wildman–Crippen MR) is 130 cm³/mol. The number of carbonyl (C=O) groups excluding carboxylic acids is 2. The van der Waals surface area contributed by atoms with Gasteiger partial charge in [0, 0.05) is 29.4 Å². The van der Waals surface area contributed by atoms with E-state index >= 15 is 0 Å². The zero-order chi connectivity index (χ0) is 23.3. The van der Waals surface area contributed by atoms with Crippen LogP contribution in [0.4, 0.5) is 4.39 Å². The molecule has 174 valence electrons. The molecule has 0 aliphatic carbocycles. The minimum atomic E-state index is -0.548. The van der Waals surface area contributed by atoms with Crippen molar-refractivity contribution in [1.29, 1.82) is 0 Å². The van der Waals surface area contributed by atoms with E-state index in [4.69, 9.17) is 11.6 Å². The lowest BCUT2D eigenvalue weighted by molar-refractivity contribution is -0.141. The number of hydrogen-bond donors (Lipinski definition) is 1. The van der Waals surface area contributed by atoms with Gasteiger partial charge in [-0.2, -0.15) is 0 Å². The summed E-state index contributed by atoms with van der Waals surface area (Å²) < 4.78 is 13.3. The molecule has 0 aromatic heterocycles. The van der Waals surface area contributed by atoms with Gasteiger partial charge in [0.1, 0.15) is 11.9 Å². The van der Waals surface area contributed by atoms with Gasteiger partial charge >= 0.3 is 0 Å². The third kappa shape index (κ3) is 8.83. The molecule has 0 spiro atoms. The van der Waals surface area contributed by atoms with E-state index < -0.39 is 6.04 Å². The van der Waals surface area contributed by atoms with Crippen molar-refractivity contribution in [2.45, 2.75) is 63.4 Å². The molecule has 2 aromatic rings. The molecule has 0 unspecified atom stereocenters. The van der Waals surface area contributed by atoms with Gasteiger partial charge in [-0.1, -0.05) is 44.0 Å². The van der Waals surface area contributed by atoms with Crippen molar-refractivity contribution in [2.24, 2.45) is 0 Å². The van der Waals surface area contributed by atoms with E-state index in [9.17, 15) is 14.0 Å². The van der Waals surface area contributed by atoms with Crippen molar-refractivity contribution < 1.29 is 14.0 Å². The first-order valence-electron chi connectivity index (χ1n) is 11.1. The van der Waals surface area contributed by atoms with Gasteiger partial charge in [0.15, 0.2) is 0 Å². The molecule has 1 N–H and O–H groups in total. The second-order valence-electron chi connectivity index (χ2n) is 7.62. The van der Waals surface area contributed by atoms with Crippen molar-refractivity contribution in [3.05, 3.63) is 64.9 Å². The topological polar surface area (TPSA) is 49.4 Å². The van der Waals surface area contributed by atoms with E-state index in [2.05, 4.69) is 12.2 Å². The summed E-state index contributed by atoms with van der Waals surface area (Å²) in [6.45, 7) is 4.85. The molecule has 0 saturated heterocycles. The second-order valence-corrected chi connectivity index (χ2v) is 9.23. The first-order valence-corrected chi connectivity index (χ1v) is 12.5. The van der Waals surface area contributed by atoms with E-state index in [1.54, 1.807) is 28.8 Å². The number of hydrogen-bond acceptors (Lipinski definition) is 3. The SMILES string of the molecule is CCCCNC(=O)[C@@H](CC)N(Cc1ccc(F)cc1)C(=O)CCCSc1ccc(Cl)cc1. The second kappa shape index (κ2) is 14.2. The number of halogens is 2. The van der Waals surface area contributed by atoms with Crippen LogP contribution in [0.5, 0.6) is 0 Å². The lowest BCUT2D eigenvalue weighted by Crippen LogP contribution is -2.49. The highest BCUT2D eigenvalue weighted by atomic mass is 35.5. The maximum atomic E-state index is 13.3. The van der Waals surface area contributed by atoms with E-state index in [-0.39, 0.29) is 24.2 Å². The maximum absolute atomic E-state index is 13.3. The first-order chi connectivity index (χ1) is 15.4. The first kappa shape index (κ1) is 26.2. The molecule has 0 heterocycles. The van der Waals surface area contributed by atoms with E-state index in [0.29, 0.717) is 30.8 Å². The van der Waals surface area contributed by atoms with Crippen molar-refractivity contribution in [2.75, 3.05) is 12.3 Å². The molecule has 2 amide bonds. The quantitative estimate of drug-likeness (QED) is 0.280. The van der Waals surface area contributed by atoms with Gasteiger partial charge in [-0.25, -0.2) is 4.39 Å². The van der Waals surface area contributed by atoms with Gasteiger partial charge in [0.25, 0.3) is 0 Å². The number of unbranched alkanes of at least 4 members (excludes halogenated alkanes) is 1. The summed E-state index contributed by atoms with van der Waals surface area (Å²) in [4.78, 5) is 28.7. The van der Waals surface area contributed by atoms with Crippen molar-refractivity contribution in [1.82, 2.24) is 10.2 Å². The zero-order valence-electron chi connectivity index (χ0n) is 18.8.